The average molecular weight is 349 g/mol. The summed E-state index contributed by atoms with van der Waals surface area (Å²) in [6, 6.07) is 5.07. The van der Waals surface area contributed by atoms with Crippen molar-refractivity contribution in [2.45, 2.75) is 19.4 Å². The van der Waals surface area contributed by atoms with Crippen LogP contribution in [0.15, 0.2) is 28.1 Å². The summed E-state index contributed by atoms with van der Waals surface area (Å²) in [4.78, 5) is 36.7. The van der Waals surface area contributed by atoms with Crippen LogP contribution in [0, 0.1) is 0 Å². The number of carbonyl (C=O) groups excluding carboxylic acids is 3. The molecule has 2 aromatic heterocycles. The van der Waals surface area contributed by atoms with E-state index in [0.29, 0.717) is 18.0 Å². The van der Waals surface area contributed by atoms with E-state index in [-0.39, 0.29) is 31.9 Å². The van der Waals surface area contributed by atoms with Crippen LogP contribution in [0.5, 0.6) is 0 Å². The summed E-state index contributed by atoms with van der Waals surface area (Å²) in [5.74, 6) is -0.113. The van der Waals surface area contributed by atoms with Crippen molar-refractivity contribution < 1.29 is 23.6 Å². The smallest absolute Gasteiger partial charge is 0.324 e. The fourth-order valence-corrected chi connectivity index (χ4v) is 2.85. The van der Waals surface area contributed by atoms with Crippen molar-refractivity contribution >= 4 is 29.2 Å². The number of ether oxygens (including phenoxy) is 1. The highest BCUT2D eigenvalue weighted by Gasteiger charge is 2.23. The van der Waals surface area contributed by atoms with E-state index < -0.39 is 12.0 Å². The molecule has 1 fully saturated rings. The molecule has 0 bridgehead atoms. The minimum atomic E-state index is -0.476. The van der Waals surface area contributed by atoms with Crippen LogP contribution in [0.2, 0.25) is 0 Å². The zero-order valence-electron chi connectivity index (χ0n) is 12.7. The Hall–Kier alpha value is -2.68. The van der Waals surface area contributed by atoms with Gasteiger partial charge in [-0.1, -0.05) is 11.2 Å². The van der Waals surface area contributed by atoms with Gasteiger partial charge < -0.3 is 14.2 Å². The monoisotopic (exact) mass is 349 g/mol. The van der Waals surface area contributed by atoms with Crippen LogP contribution in [0.4, 0.5) is 4.79 Å². The van der Waals surface area contributed by atoms with Crippen molar-refractivity contribution in [3.63, 3.8) is 0 Å². The highest BCUT2D eigenvalue weighted by molar-refractivity contribution is 7.13. The molecule has 0 saturated carbocycles. The van der Waals surface area contributed by atoms with E-state index in [1.54, 1.807) is 6.07 Å². The molecular formula is C15H15N3O5S. The zero-order chi connectivity index (χ0) is 16.9. The lowest BCUT2D eigenvalue weighted by molar-refractivity contribution is -0.145. The molecule has 1 N–H and O–H groups in total. The molecular weight excluding hydrogens is 334 g/mol. The maximum atomic E-state index is 11.8. The number of thiophene rings is 1. The Labute approximate surface area is 141 Å². The van der Waals surface area contributed by atoms with E-state index in [9.17, 15) is 14.4 Å². The predicted octanol–water partition coefficient (Wildman–Crippen LogP) is 1.78. The normalized spacial score (nSPS) is 14.6. The number of hydrogen-bond acceptors (Lipinski definition) is 7. The Morgan fingerprint density at radius 2 is 2.33 bits per heavy atom. The van der Waals surface area contributed by atoms with Gasteiger partial charge in [-0.25, -0.2) is 4.79 Å². The van der Waals surface area contributed by atoms with Crippen LogP contribution in [-0.2, 0) is 20.9 Å². The molecule has 2 aromatic rings. The van der Waals surface area contributed by atoms with Gasteiger partial charge in [-0.2, -0.15) is 0 Å². The third-order valence-corrected chi connectivity index (χ3v) is 4.32. The van der Waals surface area contributed by atoms with Gasteiger partial charge in [-0.3, -0.25) is 14.9 Å². The first-order valence-electron chi connectivity index (χ1n) is 7.35. The highest BCUT2D eigenvalue weighted by atomic mass is 32.1. The molecule has 3 amide bonds. The van der Waals surface area contributed by atoms with Gasteiger partial charge in [0, 0.05) is 25.6 Å². The van der Waals surface area contributed by atoms with E-state index >= 15 is 0 Å². The number of imide groups is 1. The minimum Gasteiger partial charge on any atom is -0.459 e. The van der Waals surface area contributed by atoms with Crippen LogP contribution in [-0.4, -0.2) is 41.1 Å². The van der Waals surface area contributed by atoms with Gasteiger partial charge in [-0.15, -0.1) is 11.3 Å². The maximum absolute atomic E-state index is 11.8. The molecule has 3 heterocycles. The Balaban J connectivity index is 1.43. The second-order valence-electron chi connectivity index (χ2n) is 5.16. The highest BCUT2D eigenvalue weighted by Crippen LogP contribution is 2.25. The zero-order valence-corrected chi connectivity index (χ0v) is 13.5. The van der Waals surface area contributed by atoms with Crippen molar-refractivity contribution in [3.8, 4) is 10.6 Å². The Bertz CT molecular complexity index is 740. The Kier molecular flexibility index (Phi) is 4.90. The minimum absolute atomic E-state index is 0.0123. The molecule has 3 rings (SSSR count). The number of rotatable bonds is 6. The van der Waals surface area contributed by atoms with Crippen LogP contribution in [0.25, 0.3) is 10.6 Å². The first-order chi connectivity index (χ1) is 11.6. The summed E-state index contributed by atoms with van der Waals surface area (Å²) >= 11 is 1.53. The van der Waals surface area contributed by atoms with E-state index in [1.807, 2.05) is 17.5 Å². The van der Waals surface area contributed by atoms with Gasteiger partial charge in [0.1, 0.15) is 12.3 Å². The average Bonchev–Trinajstić information content (AvgIpc) is 3.23. The summed E-state index contributed by atoms with van der Waals surface area (Å²) in [6.45, 7) is 0.529. The number of aromatic nitrogens is 1. The van der Waals surface area contributed by atoms with Gasteiger partial charge in [-0.05, 0) is 11.4 Å². The lowest BCUT2D eigenvalue weighted by Crippen LogP contribution is -2.49. The SMILES string of the molecule is O=C1CCN(CCC(=O)OCc2cc(-c3cccs3)on2)C(=O)N1. The van der Waals surface area contributed by atoms with Crippen LogP contribution < -0.4 is 5.32 Å². The molecule has 0 radical (unpaired) electrons. The second kappa shape index (κ2) is 7.26. The summed E-state index contributed by atoms with van der Waals surface area (Å²) < 4.78 is 10.3. The van der Waals surface area contributed by atoms with Gasteiger partial charge in [0.25, 0.3) is 0 Å². The van der Waals surface area contributed by atoms with Crippen LogP contribution in [0.3, 0.4) is 0 Å². The van der Waals surface area contributed by atoms with Crippen molar-refractivity contribution in [2.75, 3.05) is 13.1 Å². The van der Waals surface area contributed by atoms with Crippen molar-refractivity contribution in [1.29, 1.82) is 0 Å². The van der Waals surface area contributed by atoms with Crippen molar-refractivity contribution in [3.05, 3.63) is 29.3 Å². The van der Waals surface area contributed by atoms with Crippen molar-refractivity contribution in [2.24, 2.45) is 0 Å². The van der Waals surface area contributed by atoms with E-state index in [0.717, 1.165) is 4.88 Å². The Morgan fingerprint density at radius 3 is 3.08 bits per heavy atom. The lowest BCUT2D eigenvalue weighted by atomic mass is 10.3. The fraction of sp³-hybridized carbons (Fsp3) is 0.333. The molecule has 0 aliphatic carbocycles. The number of amides is 3. The summed E-state index contributed by atoms with van der Waals surface area (Å²) in [5.41, 5.74) is 0.521. The summed E-state index contributed by atoms with van der Waals surface area (Å²) in [6.07, 6.45) is 0.294. The number of nitrogens with zero attached hydrogens (tertiary/aromatic N) is 2. The maximum Gasteiger partial charge on any atom is 0.324 e. The Morgan fingerprint density at radius 1 is 1.46 bits per heavy atom. The van der Waals surface area contributed by atoms with Crippen LogP contribution >= 0.6 is 11.3 Å². The number of carbonyl (C=O) groups is 3. The summed E-state index contributed by atoms with van der Waals surface area (Å²) in [7, 11) is 0. The molecule has 24 heavy (non-hydrogen) atoms. The summed E-state index contributed by atoms with van der Waals surface area (Å²) in [5, 5.41) is 7.99. The molecule has 126 valence electrons. The lowest BCUT2D eigenvalue weighted by Gasteiger charge is -2.25. The molecule has 8 nitrogen and oxygen atoms in total. The topological polar surface area (TPSA) is 102 Å². The van der Waals surface area contributed by atoms with Gasteiger partial charge in [0.05, 0.1) is 11.3 Å². The second-order valence-corrected chi connectivity index (χ2v) is 6.11. The molecule has 1 aliphatic rings. The first-order valence-corrected chi connectivity index (χ1v) is 8.23. The third kappa shape index (κ3) is 3.99. The molecule has 1 saturated heterocycles. The standard InChI is InChI=1S/C15H15N3O5S/c19-13-3-5-18(15(21)16-13)6-4-14(20)22-9-10-8-11(23-17-10)12-2-1-7-24-12/h1-2,7-8H,3-6,9H2,(H,16,19,21). The molecule has 9 heteroatoms. The molecule has 0 atom stereocenters. The quantitative estimate of drug-likeness (QED) is 0.798. The largest absolute Gasteiger partial charge is 0.459 e. The number of nitrogens with one attached hydrogen (secondary N) is 1. The first kappa shape index (κ1) is 16.2. The van der Waals surface area contributed by atoms with E-state index in [4.69, 9.17) is 9.26 Å². The van der Waals surface area contributed by atoms with Crippen LogP contribution in [0.1, 0.15) is 18.5 Å². The van der Waals surface area contributed by atoms with Gasteiger partial charge in [0.15, 0.2) is 5.76 Å². The van der Waals surface area contributed by atoms with E-state index in [2.05, 4.69) is 10.5 Å². The molecule has 1 aliphatic heterocycles. The fourth-order valence-electron chi connectivity index (χ4n) is 2.18. The van der Waals surface area contributed by atoms with E-state index in [1.165, 1.54) is 16.2 Å². The number of hydrogen-bond donors (Lipinski definition) is 1. The molecule has 0 spiro atoms. The third-order valence-electron chi connectivity index (χ3n) is 3.43. The van der Waals surface area contributed by atoms with Gasteiger partial charge in [0.2, 0.25) is 5.91 Å². The molecule has 0 unspecified atom stereocenters. The predicted molar refractivity (Wildman–Crippen MR) is 84.0 cm³/mol. The van der Waals surface area contributed by atoms with Crippen molar-refractivity contribution in [1.82, 2.24) is 15.4 Å². The number of esters is 1. The van der Waals surface area contributed by atoms with Gasteiger partial charge >= 0.3 is 12.0 Å². The molecule has 0 aromatic carbocycles. The number of urea groups is 1.